The van der Waals surface area contributed by atoms with Gasteiger partial charge < -0.3 is 10.2 Å². The van der Waals surface area contributed by atoms with E-state index >= 15 is 0 Å². The molecule has 1 aromatic carbocycles. The van der Waals surface area contributed by atoms with Gasteiger partial charge in [-0.1, -0.05) is 35.9 Å². The van der Waals surface area contributed by atoms with Crippen molar-refractivity contribution < 1.29 is 4.79 Å². The highest BCUT2D eigenvalue weighted by Crippen LogP contribution is 2.18. The number of halogens is 1. The molecular formula is C17H23ClN4O. The fourth-order valence-electron chi connectivity index (χ4n) is 2.33. The second kappa shape index (κ2) is 7.15. The van der Waals surface area contributed by atoms with Crippen LogP contribution in [0.4, 0.5) is 0 Å². The zero-order valence-corrected chi connectivity index (χ0v) is 14.8. The Morgan fingerprint density at radius 3 is 2.52 bits per heavy atom. The Bertz CT molecular complexity index is 679. The molecule has 0 atom stereocenters. The monoisotopic (exact) mass is 334 g/mol. The highest BCUT2D eigenvalue weighted by molar-refractivity contribution is 6.30. The molecule has 1 N–H and O–H groups in total. The smallest absolute Gasteiger partial charge is 0.247 e. The van der Waals surface area contributed by atoms with Gasteiger partial charge in [-0.15, -0.1) is 0 Å². The molecule has 124 valence electrons. The van der Waals surface area contributed by atoms with E-state index in [1.807, 2.05) is 46.1 Å². The van der Waals surface area contributed by atoms with Gasteiger partial charge in [0.15, 0.2) is 0 Å². The normalized spacial score (nSPS) is 11.7. The van der Waals surface area contributed by atoms with Gasteiger partial charge in [0.05, 0.1) is 11.2 Å². The molecule has 2 aromatic rings. The predicted molar refractivity (Wildman–Crippen MR) is 92.2 cm³/mol. The van der Waals surface area contributed by atoms with Gasteiger partial charge >= 0.3 is 0 Å². The summed E-state index contributed by atoms with van der Waals surface area (Å²) < 4.78 is 1.58. The molecule has 0 unspecified atom stereocenters. The van der Waals surface area contributed by atoms with Gasteiger partial charge in [0.2, 0.25) is 5.91 Å². The van der Waals surface area contributed by atoms with E-state index in [9.17, 15) is 4.79 Å². The minimum absolute atomic E-state index is 0.100. The number of carbonyl (C=O) groups excluding carboxylic acids is 1. The molecular weight excluding hydrogens is 312 g/mol. The van der Waals surface area contributed by atoms with E-state index in [0.717, 1.165) is 12.1 Å². The molecule has 0 aliphatic rings. The van der Waals surface area contributed by atoms with Crippen LogP contribution >= 0.6 is 11.6 Å². The number of carbonyl (C=O) groups is 1. The third kappa shape index (κ3) is 4.33. The van der Waals surface area contributed by atoms with E-state index in [4.69, 9.17) is 11.6 Å². The summed E-state index contributed by atoms with van der Waals surface area (Å²) in [7, 11) is 4.06. The van der Waals surface area contributed by atoms with E-state index in [0.29, 0.717) is 11.6 Å². The van der Waals surface area contributed by atoms with Crippen LogP contribution in [0.25, 0.3) is 0 Å². The molecule has 0 saturated heterocycles. The van der Waals surface area contributed by atoms with E-state index in [1.165, 1.54) is 11.8 Å². The number of hydrogen-bond donors (Lipinski definition) is 1. The number of nitrogens with one attached hydrogen (secondary N) is 1. The van der Waals surface area contributed by atoms with Crippen molar-refractivity contribution in [2.75, 3.05) is 14.1 Å². The maximum absolute atomic E-state index is 12.6. The first-order valence-corrected chi connectivity index (χ1v) is 7.89. The molecule has 23 heavy (non-hydrogen) atoms. The Labute approximate surface area is 142 Å². The minimum atomic E-state index is -0.802. The lowest BCUT2D eigenvalue weighted by atomic mass is 10.0. The van der Waals surface area contributed by atoms with Crippen molar-refractivity contribution in [1.82, 2.24) is 20.0 Å². The zero-order valence-electron chi connectivity index (χ0n) is 14.0. The van der Waals surface area contributed by atoms with Crippen molar-refractivity contribution in [2.45, 2.75) is 32.5 Å². The minimum Gasteiger partial charge on any atom is -0.350 e. The van der Waals surface area contributed by atoms with Gasteiger partial charge in [-0.2, -0.15) is 5.10 Å². The van der Waals surface area contributed by atoms with Crippen LogP contribution in [0.15, 0.2) is 36.7 Å². The van der Waals surface area contributed by atoms with Crippen LogP contribution in [0.1, 0.15) is 25.0 Å². The number of nitrogens with zero attached hydrogens (tertiary/aromatic N) is 3. The summed E-state index contributed by atoms with van der Waals surface area (Å²) in [5.74, 6) is -0.100. The quantitative estimate of drug-likeness (QED) is 0.883. The first-order valence-electron chi connectivity index (χ1n) is 7.51. The standard InChI is InChI=1S/C17H23ClN4O/c1-17(2,22-12-15(18)10-20-22)16(23)19-9-13-7-5-6-8-14(13)11-21(3)4/h5-8,10,12H,9,11H2,1-4H3,(H,19,23). The highest BCUT2D eigenvalue weighted by atomic mass is 35.5. The van der Waals surface area contributed by atoms with Crippen LogP contribution in [0, 0.1) is 0 Å². The number of hydrogen-bond acceptors (Lipinski definition) is 3. The number of benzene rings is 1. The van der Waals surface area contributed by atoms with Crippen LogP contribution in [-0.4, -0.2) is 34.7 Å². The Morgan fingerprint density at radius 2 is 1.96 bits per heavy atom. The molecule has 6 heteroatoms. The summed E-state index contributed by atoms with van der Waals surface area (Å²) in [5.41, 5.74) is 1.52. The van der Waals surface area contributed by atoms with Gasteiger partial charge in [0.25, 0.3) is 0 Å². The van der Waals surface area contributed by atoms with Gasteiger partial charge in [0, 0.05) is 19.3 Å². The second-order valence-electron chi connectivity index (χ2n) is 6.35. The predicted octanol–water partition coefficient (Wildman–Crippen LogP) is 2.65. The maximum atomic E-state index is 12.6. The third-order valence-corrected chi connectivity index (χ3v) is 3.92. The summed E-state index contributed by atoms with van der Waals surface area (Å²) in [4.78, 5) is 14.7. The second-order valence-corrected chi connectivity index (χ2v) is 6.79. The summed E-state index contributed by atoms with van der Waals surface area (Å²) in [6, 6.07) is 8.12. The topological polar surface area (TPSA) is 50.2 Å². The molecule has 0 saturated carbocycles. The van der Waals surface area contributed by atoms with Crippen molar-refractivity contribution in [1.29, 1.82) is 0 Å². The Morgan fingerprint density at radius 1 is 1.30 bits per heavy atom. The first kappa shape index (κ1) is 17.5. The Balaban J connectivity index is 2.07. The Kier molecular flexibility index (Phi) is 5.44. The summed E-state index contributed by atoms with van der Waals surface area (Å²) in [5, 5.41) is 7.65. The SMILES string of the molecule is CN(C)Cc1ccccc1CNC(=O)C(C)(C)n1cc(Cl)cn1. The maximum Gasteiger partial charge on any atom is 0.247 e. The van der Waals surface area contributed by atoms with Gasteiger partial charge in [-0.05, 0) is 39.1 Å². The molecule has 2 rings (SSSR count). The third-order valence-electron chi connectivity index (χ3n) is 3.72. The van der Waals surface area contributed by atoms with Gasteiger partial charge in [-0.3, -0.25) is 9.48 Å². The molecule has 0 spiro atoms. The van der Waals surface area contributed by atoms with Crippen molar-refractivity contribution in [3.63, 3.8) is 0 Å². The summed E-state index contributed by atoms with van der Waals surface area (Å²) in [6.45, 7) is 4.96. The number of rotatable bonds is 6. The molecule has 0 fully saturated rings. The van der Waals surface area contributed by atoms with E-state index in [1.54, 1.807) is 10.9 Å². The fraction of sp³-hybridized carbons (Fsp3) is 0.412. The van der Waals surface area contributed by atoms with Gasteiger partial charge in [0.1, 0.15) is 5.54 Å². The molecule has 5 nitrogen and oxygen atoms in total. The van der Waals surface area contributed by atoms with Crippen molar-refractivity contribution >= 4 is 17.5 Å². The molecule has 0 aliphatic carbocycles. The lowest BCUT2D eigenvalue weighted by Gasteiger charge is -2.24. The highest BCUT2D eigenvalue weighted by Gasteiger charge is 2.30. The van der Waals surface area contributed by atoms with Crippen LogP contribution in [0.2, 0.25) is 5.02 Å². The average molecular weight is 335 g/mol. The summed E-state index contributed by atoms with van der Waals surface area (Å²) in [6.07, 6.45) is 3.18. The summed E-state index contributed by atoms with van der Waals surface area (Å²) >= 11 is 5.89. The van der Waals surface area contributed by atoms with Crippen molar-refractivity contribution in [2.24, 2.45) is 0 Å². The van der Waals surface area contributed by atoms with Gasteiger partial charge in [-0.25, -0.2) is 0 Å². The Hall–Kier alpha value is -1.85. The number of amides is 1. The lowest BCUT2D eigenvalue weighted by Crippen LogP contribution is -2.44. The number of aromatic nitrogens is 2. The van der Waals surface area contributed by atoms with E-state index in [-0.39, 0.29) is 5.91 Å². The van der Waals surface area contributed by atoms with E-state index in [2.05, 4.69) is 21.4 Å². The lowest BCUT2D eigenvalue weighted by molar-refractivity contribution is -0.129. The molecule has 0 radical (unpaired) electrons. The molecule has 1 amide bonds. The molecule has 0 bridgehead atoms. The largest absolute Gasteiger partial charge is 0.350 e. The average Bonchev–Trinajstić information content (AvgIpc) is 2.92. The first-order chi connectivity index (χ1) is 10.8. The molecule has 1 aromatic heterocycles. The van der Waals surface area contributed by atoms with Crippen LogP contribution in [0.5, 0.6) is 0 Å². The van der Waals surface area contributed by atoms with Crippen LogP contribution in [-0.2, 0) is 23.4 Å². The molecule has 0 aliphatic heterocycles. The van der Waals surface area contributed by atoms with E-state index < -0.39 is 5.54 Å². The van der Waals surface area contributed by atoms with Crippen molar-refractivity contribution in [3.05, 3.63) is 52.8 Å². The molecule has 1 heterocycles. The van der Waals surface area contributed by atoms with Crippen LogP contribution < -0.4 is 5.32 Å². The van der Waals surface area contributed by atoms with Crippen molar-refractivity contribution in [3.8, 4) is 0 Å². The zero-order chi connectivity index (χ0) is 17.0. The van der Waals surface area contributed by atoms with Crippen LogP contribution in [0.3, 0.4) is 0 Å². The fourth-order valence-corrected chi connectivity index (χ4v) is 2.46.